The number of rotatable bonds is 2. The second kappa shape index (κ2) is 5.39. The maximum Gasteiger partial charge on any atom is 0.155 e. The molecule has 0 fully saturated rings. The summed E-state index contributed by atoms with van der Waals surface area (Å²) in [5, 5.41) is 11.1. The number of fused-ring (bicyclic) bond motifs is 3. The van der Waals surface area contributed by atoms with Gasteiger partial charge in [0, 0.05) is 21.0 Å². The van der Waals surface area contributed by atoms with Crippen molar-refractivity contribution in [2.45, 2.75) is 0 Å². The Hall–Kier alpha value is -3.25. The summed E-state index contributed by atoms with van der Waals surface area (Å²) in [4.78, 5) is 8.93. The summed E-state index contributed by atoms with van der Waals surface area (Å²) in [6.45, 7) is 0. The molecule has 0 atom stereocenters. The van der Waals surface area contributed by atoms with Crippen LogP contribution in [0, 0.1) is 0 Å². The third kappa shape index (κ3) is 2.19. The highest BCUT2D eigenvalue weighted by atomic mass is 32.1. The van der Waals surface area contributed by atoms with Gasteiger partial charge in [-0.2, -0.15) is 5.10 Å². The lowest BCUT2D eigenvalue weighted by Crippen LogP contribution is -1.94. The van der Waals surface area contributed by atoms with Gasteiger partial charge in [0.25, 0.3) is 0 Å². The van der Waals surface area contributed by atoms with Gasteiger partial charge in [0.1, 0.15) is 12.1 Å². The van der Waals surface area contributed by atoms with Crippen LogP contribution in [0.4, 0.5) is 5.82 Å². The lowest BCUT2D eigenvalue weighted by Gasteiger charge is -2.11. The van der Waals surface area contributed by atoms with Crippen LogP contribution in [0.25, 0.3) is 43.5 Å². The van der Waals surface area contributed by atoms with Gasteiger partial charge in [-0.3, -0.25) is 5.10 Å². The number of hydrogen-bond donors (Lipinski definition) is 2. The fourth-order valence-electron chi connectivity index (χ4n) is 3.17. The van der Waals surface area contributed by atoms with Crippen molar-refractivity contribution in [3.63, 3.8) is 0 Å². The van der Waals surface area contributed by atoms with Crippen LogP contribution in [0.1, 0.15) is 0 Å². The molecule has 6 heteroatoms. The number of anilines is 1. The lowest BCUT2D eigenvalue weighted by atomic mass is 9.97. The number of thiophene rings is 1. The molecule has 5 rings (SSSR count). The SMILES string of the molecule is Nc1nc2cc(-c3ncn[nH]3)cc(-c3ccccc3)c2c2sccc12. The van der Waals surface area contributed by atoms with Crippen molar-refractivity contribution in [2.24, 2.45) is 0 Å². The maximum absolute atomic E-state index is 6.18. The Morgan fingerprint density at radius 2 is 1.88 bits per heavy atom. The molecule has 0 bridgehead atoms. The minimum Gasteiger partial charge on any atom is -0.383 e. The van der Waals surface area contributed by atoms with Crippen molar-refractivity contribution >= 4 is 38.1 Å². The third-order valence-corrected chi connectivity index (χ3v) is 5.23. The van der Waals surface area contributed by atoms with Crippen LogP contribution in [0.2, 0.25) is 0 Å². The molecular formula is C19H13N5S. The number of nitrogens with two attached hydrogens (primary N) is 1. The minimum atomic E-state index is 0.553. The van der Waals surface area contributed by atoms with E-state index in [1.807, 2.05) is 30.3 Å². The monoisotopic (exact) mass is 343 g/mol. The first-order chi connectivity index (χ1) is 12.3. The highest BCUT2D eigenvalue weighted by Gasteiger charge is 2.15. The van der Waals surface area contributed by atoms with E-state index in [2.05, 4.69) is 43.7 Å². The molecule has 25 heavy (non-hydrogen) atoms. The van der Waals surface area contributed by atoms with Crippen LogP contribution in [-0.4, -0.2) is 20.2 Å². The lowest BCUT2D eigenvalue weighted by molar-refractivity contribution is 1.10. The Morgan fingerprint density at radius 3 is 2.68 bits per heavy atom. The van der Waals surface area contributed by atoms with Crippen molar-refractivity contribution in [1.29, 1.82) is 0 Å². The molecule has 3 aromatic heterocycles. The molecule has 0 aliphatic heterocycles. The van der Waals surface area contributed by atoms with Crippen LogP contribution in [0.5, 0.6) is 0 Å². The van der Waals surface area contributed by atoms with Gasteiger partial charge in [-0.1, -0.05) is 30.3 Å². The summed E-state index contributed by atoms with van der Waals surface area (Å²) in [6, 6.07) is 16.5. The average Bonchev–Trinajstić information content (AvgIpc) is 3.33. The molecular weight excluding hydrogens is 330 g/mol. The Morgan fingerprint density at radius 1 is 1.00 bits per heavy atom. The van der Waals surface area contributed by atoms with Crippen molar-refractivity contribution < 1.29 is 0 Å². The summed E-state index contributed by atoms with van der Waals surface area (Å²) in [5.74, 6) is 1.27. The molecule has 2 aromatic carbocycles. The van der Waals surface area contributed by atoms with Gasteiger partial charge in [-0.05, 0) is 34.7 Å². The van der Waals surface area contributed by atoms with Crippen LogP contribution < -0.4 is 5.73 Å². The zero-order chi connectivity index (χ0) is 16.8. The van der Waals surface area contributed by atoms with E-state index in [9.17, 15) is 0 Å². The summed E-state index contributed by atoms with van der Waals surface area (Å²) in [7, 11) is 0. The molecule has 0 amide bonds. The normalized spacial score (nSPS) is 11.4. The number of nitrogen functional groups attached to an aromatic ring is 1. The first-order valence-corrected chi connectivity index (χ1v) is 8.71. The van der Waals surface area contributed by atoms with Gasteiger partial charge in [0.15, 0.2) is 5.82 Å². The van der Waals surface area contributed by atoms with Gasteiger partial charge in [-0.25, -0.2) is 9.97 Å². The van der Waals surface area contributed by atoms with E-state index in [4.69, 9.17) is 5.73 Å². The van der Waals surface area contributed by atoms with Crippen LogP contribution in [0.15, 0.2) is 60.2 Å². The topological polar surface area (TPSA) is 80.5 Å². The van der Waals surface area contributed by atoms with Crippen molar-refractivity contribution in [3.8, 4) is 22.5 Å². The van der Waals surface area contributed by atoms with E-state index in [1.54, 1.807) is 11.3 Å². The van der Waals surface area contributed by atoms with Gasteiger partial charge in [0.2, 0.25) is 0 Å². The molecule has 120 valence electrons. The van der Waals surface area contributed by atoms with Gasteiger partial charge in [-0.15, -0.1) is 11.3 Å². The Labute approximate surface area is 147 Å². The number of aromatic amines is 1. The average molecular weight is 343 g/mol. The number of benzene rings is 2. The molecule has 0 saturated carbocycles. The van der Waals surface area contributed by atoms with E-state index in [1.165, 1.54) is 6.33 Å². The molecule has 5 aromatic rings. The second-order valence-electron chi connectivity index (χ2n) is 5.78. The molecule has 0 radical (unpaired) electrons. The smallest absolute Gasteiger partial charge is 0.155 e. The first-order valence-electron chi connectivity index (χ1n) is 7.83. The fourth-order valence-corrected chi connectivity index (χ4v) is 4.15. The fraction of sp³-hybridized carbons (Fsp3) is 0. The quantitative estimate of drug-likeness (QED) is 0.495. The number of nitrogens with one attached hydrogen (secondary N) is 1. The molecule has 3 heterocycles. The summed E-state index contributed by atoms with van der Waals surface area (Å²) >= 11 is 1.69. The second-order valence-corrected chi connectivity index (χ2v) is 6.69. The standard InChI is InChI=1S/C19H13N5S/c20-18-13-6-7-25-17(13)16-14(11-4-2-1-3-5-11)8-12(9-15(16)23-18)19-21-10-22-24-19/h1-10H,(H2,20,23)(H,21,22,24). The number of nitrogens with zero attached hydrogens (tertiary/aromatic N) is 3. The molecule has 0 saturated heterocycles. The van der Waals surface area contributed by atoms with E-state index in [0.717, 1.165) is 37.7 Å². The molecule has 0 aliphatic rings. The Bertz CT molecular complexity index is 1190. The molecule has 5 nitrogen and oxygen atoms in total. The predicted molar refractivity (Wildman–Crippen MR) is 102 cm³/mol. The molecule has 3 N–H and O–H groups in total. The summed E-state index contributed by atoms with van der Waals surface area (Å²) in [6.07, 6.45) is 1.51. The predicted octanol–water partition coefficient (Wildman–Crippen LogP) is 4.48. The van der Waals surface area contributed by atoms with E-state index in [-0.39, 0.29) is 0 Å². The number of H-pyrrole nitrogens is 1. The highest BCUT2D eigenvalue weighted by Crippen LogP contribution is 2.40. The first kappa shape index (κ1) is 14.1. The zero-order valence-corrected chi connectivity index (χ0v) is 13.9. The Kier molecular flexibility index (Phi) is 3.05. The number of hydrogen-bond acceptors (Lipinski definition) is 5. The van der Waals surface area contributed by atoms with Gasteiger partial charge >= 0.3 is 0 Å². The van der Waals surface area contributed by atoms with Crippen molar-refractivity contribution in [1.82, 2.24) is 20.2 Å². The van der Waals surface area contributed by atoms with E-state index >= 15 is 0 Å². The van der Waals surface area contributed by atoms with Gasteiger partial charge < -0.3 is 5.73 Å². The van der Waals surface area contributed by atoms with E-state index < -0.39 is 0 Å². The highest BCUT2D eigenvalue weighted by molar-refractivity contribution is 7.18. The van der Waals surface area contributed by atoms with Crippen molar-refractivity contribution in [2.75, 3.05) is 5.73 Å². The molecule has 0 unspecified atom stereocenters. The summed E-state index contributed by atoms with van der Waals surface area (Å²) < 4.78 is 1.16. The number of pyridine rings is 1. The summed E-state index contributed by atoms with van der Waals surface area (Å²) in [5.41, 5.74) is 10.2. The zero-order valence-electron chi connectivity index (χ0n) is 13.1. The van der Waals surface area contributed by atoms with Crippen LogP contribution >= 0.6 is 11.3 Å². The van der Waals surface area contributed by atoms with Crippen molar-refractivity contribution in [3.05, 3.63) is 60.2 Å². The van der Waals surface area contributed by atoms with Crippen LogP contribution in [0.3, 0.4) is 0 Å². The minimum absolute atomic E-state index is 0.553. The Balaban J connectivity index is 1.95. The maximum atomic E-state index is 6.18. The third-order valence-electron chi connectivity index (χ3n) is 4.30. The van der Waals surface area contributed by atoms with Gasteiger partial charge in [0.05, 0.1) is 5.52 Å². The van der Waals surface area contributed by atoms with E-state index in [0.29, 0.717) is 11.6 Å². The van der Waals surface area contributed by atoms with Crippen LogP contribution in [-0.2, 0) is 0 Å². The molecule has 0 spiro atoms. The number of aromatic nitrogens is 4. The largest absolute Gasteiger partial charge is 0.383 e. The molecule has 0 aliphatic carbocycles.